The van der Waals surface area contributed by atoms with Gasteiger partial charge < -0.3 is 35.9 Å². The minimum absolute atomic E-state index is 0. The minimum Gasteiger partial charge on any atom is -0.480 e. The Labute approximate surface area is 85.0 Å². The summed E-state index contributed by atoms with van der Waals surface area (Å²) in [4.78, 5) is 32.6. The standard InChI is InChI=1S/C4H9N3O2.H3O4P.H2O/c1-7(4(5)6)2-3(8)9;1-5(2,3)4;/h2H2,1H3,(H3,5,6)(H,8,9);(H3,1,2,3,4);1H2. The number of guanidine groups is 1. The van der Waals surface area contributed by atoms with Crippen LogP contribution in [0.25, 0.3) is 0 Å². The Balaban J connectivity index is -0.000000208. The summed E-state index contributed by atoms with van der Waals surface area (Å²) in [7, 11) is -3.20. The molecular weight excluding hydrogens is 233 g/mol. The van der Waals surface area contributed by atoms with Crippen molar-refractivity contribution in [1.82, 2.24) is 4.90 Å². The molecule has 0 heterocycles. The van der Waals surface area contributed by atoms with Gasteiger partial charge in [-0.3, -0.25) is 10.2 Å². The molecule has 11 heteroatoms. The highest BCUT2D eigenvalue weighted by Gasteiger charge is 2.03. The molecule has 0 unspecified atom stereocenters. The lowest BCUT2D eigenvalue weighted by atomic mass is 10.6. The van der Waals surface area contributed by atoms with E-state index in [2.05, 4.69) is 0 Å². The van der Waals surface area contributed by atoms with Gasteiger partial charge in [0.05, 0.1) is 0 Å². The molecule has 0 aromatic carbocycles. The van der Waals surface area contributed by atoms with E-state index in [1.165, 1.54) is 7.05 Å². The first kappa shape index (κ1) is 19.4. The Kier molecular flexibility index (Phi) is 10.5. The van der Waals surface area contributed by atoms with Crippen LogP contribution in [0.2, 0.25) is 0 Å². The van der Waals surface area contributed by atoms with Crippen LogP contribution in [0.15, 0.2) is 0 Å². The number of nitrogens with two attached hydrogens (primary N) is 1. The van der Waals surface area contributed by atoms with Gasteiger partial charge in [0, 0.05) is 7.05 Å². The normalized spacial score (nSPS) is 9.07. The number of carboxylic acid groups (broad SMARTS) is 1. The van der Waals surface area contributed by atoms with E-state index in [9.17, 15) is 4.79 Å². The fourth-order valence-electron chi connectivity index (χ4n) is 0.288. The Morgan fingerprint density at radius 1 is 1.47 bits per heavy atom. The summed E-state index contributed by atoms with van der Waals surface area (Å²) in [6.07, 6.45) is 0. The van der Waals surface area contributed by atoms with E-state index in [0.29, 0.717) is 0 Å². The van der Waals surface area contributed by atoms with Crippen LogP contribution < -0.4 is 5.73 Å². The summed E-state index contributed by atoms with van der Waals surface area (Å²) in [6, 6.07) is 0. The monoisotopic (exact) mass is 247 g/mol. The lowest BCUT2D eigenvalue weighted by molar-refractivity contribution is -0.137. The van der Waals surface area contributed by atoms with Crippen molar-refractivity contribution >= 4 is 19.8 Å². The number of aliphatic carboxylic acids is 1. The van der Waals surface area contributed by atoms with Crippen molar-refractivity contribution in [3.8, 4) is 0 Å². The van der Waals surface area contributed by atoms with Gasteiger partial charge in [-0.1, -0.05) is 0 Å². The van der Waals surface area contributed by atoms with Crippen molar-refractivity contribution < 1.29 is 34.6 Å². The summed E-state index contributed by atoms with van der Waals surface area (Å²) < 4.78 is 8.88. The van der Waals surface area contributed by atoms with Gasteiger partial charge in [0.2, 0.25) is 0 Å². The Morgan fingerprint density at radius 3 is 1.80 bits per heavy atom. The van der Waals surface area contributed by atoms with Gasteiger partial charge in [0.15, 0.2) is 5.96 Å². The summed E-state index contributed by atoms with van der Waals surface area (Å²) in [5, 5.41) is 14.9. The van der Waals surface area contributed by atoms with Crippen molar-refractivity contribution in [2.24, 2.45) is 5.73 Å². The number of hydrogen-bond acceptors (Lipinski definition) is 3. The van der Waals surface area contributed by atoms with Gasteiger partial charge in [-0.05, 0) is 0 Å². The zero-order valence-electron chi connectivity index (χ0n) is 7.78. The van der Waals surface area contributed by atoms with Gasteiger partial charge in [-0.15, -0.1) is 0 Å². The van der Waals surface area contributed by atoms with Gasteiger partial charge >= 0.3 is 13.8 Å². The molecule has 0 aliphatic heterocycles. The summed E-state index contributed by atoms with van der Waals surface area (Å²) in [5.74, 6) is -1.23. The summed E-state index contributed by atoms with van der Waals surface area (Å²) >= 11 is 0. The minimum atomic E-state index is -4.64. The van der Waals surface area contributed by atoms with Crippen LogP contribution in [0.5, 0.6) is 0 Å². The van der Waals surface area contributed by atoms with Crippen molar-refractivity contribution in [2.75, 3.05) is 13.6 Å². The highest BCUT2D eigenvalue weighted by atomic mass is 31.2. The molecule has 0 saturated carbocycles. The summed E-state index contributed by atoms with van der Waals surface area (Å²) in [6.45, 7) is -0.227. The number of nitrogens with zero attached hydrogens (tertiary/aromatic N) is 1. The highest BCUT2D eigenvalue weighted by molar-refractivity contribution is 7.45. The van der Waals surface area contributed by atoms with E-state index in [1.54, 1.807) is 0 Å². The molecule has 0 aromatic rings. The number of likely N-dealkylation sites (N-methyl/N-ethyl adjacent to an activating group) is 1. The first-order valence-corrected chi connectivity index (χ1v) is 4.65. The Morgan fingerprint density at radius 2 is 1.73 bits per heavy atom. The number of carbonyl (C=O) groups is 1. The van der Waals surface area contributed by atoms with Crippen LogP contribution in [0.4, 0.5) is 0 Å². The van der Waals surface area contributed by atoms with Crippen LogP contribution in [-0.2, 0) is 9.36 Å². The Bertz CT molecular complexity index is 242. The third-order valence-corrected chi connectivity index (χ3v) is 0.784. The average Bonchev–Trinajstić information content (AvgIpc) is 1.80. The predicted octanol–water partition coefficient (Wildman–Crippen LogP) is -2.86. The molecule has 0 saturated heterocycles. The summed E-state index contributed by atoms with van der Waals surface area (Å²) in [5.41, 5.74) is 4.93. The van der Waals surface area contributed by atoms with Crippen LogP contribution in [0.1, 0.15) is 0 Å². The molecule has 10 nitrogen and oxygen atoms in total. The number of carboxylic acids is 1. The van der Waals surface area contributed by atoms with Crippen molar-refractivity contribution in [3.05, 3.63) is 0 Å². The third kappa shape index (κ3) is 32.3. The molecule has 0 aromatic heterocycles. The van der Waals surface area contributed by atoms with E-state index in [1.807, 2.05) is 0 Å². The second kappa shape index (κ2) is 8.15. The van der Waals surface area contributed by atoms with E-state index >= 15 is 0 Å². The molecule has 0 amide bonds. The number of rotatable bonds is 2. The molecule has 0 rings (SSSR count). The molecule has 0 spiro atoms. The zero-order chi connectivity index (χ0) is 11.9. The smallest absolute Gasteiger partial charge is 0.466 e. The van der Waals surface area contributed by atoms with E-state index in [-0.39, 0.29) is 18.0 Å². The molecule has 0 aliphatic carbocycles. The van der Waals surface area contributed by atoms with Crippen LogP contribution >= 0.6 is 7.82 Å². The molecule has 0 atom stereocenters. The highest BCUT2D eigenvalue weighted by Crippen LogP contribution is 2.25. The molecule has 0 fully saturated rings. The van der Waals surface area contributed by atoms with E-state index < -0.39 is 13.8 Å². The van der Waals surface area contributed by atoms with Gasteiger partial charge in [0.25, 0.3) is 0 Å². The number of nitrogens with one attached hydrogen (secondary N) is 1. The van der Waals surface area contributed by atoms with Gasteiger partial charge in [-0.2, -0.15) is 0 Å². The van der Waals surface area contributed by atoms with Crippen LogP contribution in [0.3, 0.4) is 0 Å². The molecule has 9 N–H and O–H groups in total. The third-order valence-electron chi connectivity index (χ3n) is 0.784. The quantitative estimate of drug-likeness (QED) is 0.170. The molecule has 0 radical (unpaired) electrons. The second-order valence-electron chi connectivity index (χ2n) is 2.15. The maximum absolute atomic E-state index is 9.92. The maximum Gasteiger partial charge on any atom is 0.466 e. The van der Waals surface area contributed by atoms with E-state index in [4.69, 9.17) is 35.5 Å². The van der Waals surface area contributed by atoms with Gasteiger partial charge in [-0.25, -0.2) is 4.57 Å². The molecule has 0 bridgehead atoms. The SMILES string of the molecule is CN(CC(=O)O)C(=N)N.O.O=P(O)(O)O. The fraction of sp³-hybridized carbons (Fsp3) is 0.500. The number of hydrogen-bond donors (Lipinski definition) is 6. The topological polar surface area (TPSA) is 200 Å². The maximum atomic E-state index is 9.92. The first-order chi connectivity index (χ1) is 6.04. The van der Waals surface area contributed by atoms with Crippen molar-refractivity contribution in [3.63, 3.8) is 0 Å². The predicted molar refractivity (Wildman–Crippen MR) is 50.1 cm³/mol. The van der Waals surface area contributed by atoms with Gasteiger partial charge in [0.1, 0.15) is 6.54 Å². The fourth-order valence-corrected chi connectivity index (χ4v) is 0.288. The second-order valence-corrected chi connectivity index (χ2v) is 3.17. The first-order valence-electron chi connectivity index (χ1n) is 3.09. The Hall–Kier alpha value is -1.19. The zero-order valence-corrected chi connectivity index (χ0v) is 8.68. The lowest BCUT2D eigenvalue weighted by Gasteiger charge is -2.12. The average molecular weight is 247 g/mol. The molecule has 15 heavy (non-hydrogen) atoms. The van der Waals surface area contributed by atoms with E-state index in [0.717, 1.165) is 4.90 Å². The number of phosphoric acid groups is 1. The van der Waals surface area contributed by atoms with Crippen LogP contribution in [0, 0.1) is 5.41 Å². The lowest BCUT2D eigenvalue weighted by Crippen LogP contribution is -2.36. The van der Waals surface area contributed by atoms with Crippen molar-refractivity contribution in [1.29, 1.82) is 5.41 Å². The largest absolute Gasteiger partial charge is 0.480 e. The van der Waals surface area contributed by atoms with Crippen LogP contribution in [-0.4, -0.2) is 55.7 Å². The van der Waals surface area contributed by atoms with Crippen molar-refractivity contribution in [2.45, 2.75) is 0 Å². The molecule has 0 aliphatic rings. The molecule has 92 valence electrons. The molecular formula is C4H14N3O7P.